The van der Waals surface area contributed by atoms with Crippen LogP contribution in [0.2, 0.25) is 0 Å². The summed E-state index contributed by atoms with van der Waals surface area (Å²) in [5, 5.41) is 7.33. The van der Waals surface area contributed by atoms with Crippen LogP contribution in [0.3, 0.4) is 0 Å². The van der Waals surface area contributed by atoms with Crippen LogP contribution in [-0.2, 0) is 6.54 Å². The molecule has 2 aromatic rings. The fourth-order valence-electron chi connectivity index (χ4n) is 2.83. The first-order valence-electron chi connectivity index (χ1n) is 7.96. The fraction of sp³-hybridized carbons (Fsp3) is 0.412. The third-order valence-electron chi connectivity index (χ3n) is 4.08. The van der Waals surface area contributed by atoms with Gasteiger partial charge < -0.3 is 15.5 Å². The lowest BCUT2D eigenvalue weighted by atomic mass is 10.0. The van der Waals surface area contributed by atoms with Crippen LogP contribution in [0, 0.1) is 0 Å². The Morgan fingerprint density at radius 2 is 2.22 bits per heavy atom. The highest BCUT2D eigenvalue weighted by Gasteiger charge is 2.25. The van der Waals surface area contributed by atoms with Gasteiger partial charge in [-0.1, -0.05) is 41.7 Å². The molecule has 6 heteroatoms. The summed E-state index contributed by atoms with van der Waals surface area (Å²) in [4.78, 5) is 19.4. The van der Waals surface area contributed by atoms with Gasteiger partial charge in [0, 0.05) is 32.7 Å². The van der Waals surface area contributed by atoms with E-state index >= 15 is 0 Å². The van der Waals surface area contributed by atoms with Crippen molar-refractivity contribution in [1.29, 1.82) is 0 Å². The standard InChI is InChI=1S/C17H22N4OS/c1-18-17-20-11-15(23-17)16(22)21-9-5-8-14(12-21)19-10-13-6-3-2-4-7-13/h2-4,6-7,11,14,19H,5,8-10,12H2,1H3,(H,18,20)/t14-/m0/s1. The molecule has 0 radical (unpaired) electrons. The Morgan fingerprint density at radius 3 is 2.96 bits per heavy atom. The second-order valence-electron chi connectivity index (χ2n) is 5.74. The van der Waals surface area contributed by atoms with Crippen molar-refractivity contribution in [2.75, 3.05) is 25.5 Å². The van der Waals surface area contributed by atoms with E-state index in [0.717, 1.165) is 37.6 Å². The van der Waals surface area contributed by atoms with Crippen molar-refractivity contribution < 1.29 is 4.79 Å². The predicted octanol–water partition coefficient (Wildman–Crippen LogP) is 2.58. The van der Waals surface area contributed by atoms with Gasteiger partial charge in [0.2, 0.25) is 0 Å². The third kappa shape index (κ3) is 4.09. The van der Waals surface area contributed by atoms with Gasteiger partial charge in [-0.25, -0.2) is 4.98 Å². The van der Waals surface area contributed by atoms with Gasteiger partial charge in [0.05, 0.1) is 6.20 Å². The van der Waals surface area contributed by atoms with Crippen molar-refractivity contribution in [2.45, 2.75) is 25.4 Å². The summed E-state index contributed by atoms with van der Waals surface area (Å²) in [5.74, 6) is 0.0928. The lowest BCUT2D eigenvalue weighted by molar-refractivity contribution is 0.0699. The Hall–Kier alpha value is -1.92. The molecule has 0 bridgehead atoms. The van der Waals surface area contributed by atoms with Crippen molar-refractivity contribution >= 4 is 22.4 Å². The minimum absolute atomic E-state index is 0.0928. The number of nitrogens with zero attached hydrogens (tertiary/aromatic N) is 2. The molecule has 1 atom stereocenters. The van der Waals surface area contributed by atoms with Crippen LogP contribution in [0.15, 0.2) is 36.5 Å². The van der Waals surface area contributed by atoms with Gasteiger partial charge in [-0.05, 0) is 18.4 Å². The van der Waals surface area contributed by atoms with Gasteiger partial charge in [-0.15, -0.1) is 0 Å². The second kappa shape index (κ2) is 7.57. The molecule has 0 aliphatic carbocycles. The zero-order valence-electron chi connectivity index (χ0n) is 13.3. The van der Waals surface area contributed by atoms with Crippen LogP contribution < -0.4 is 10.6 Å². The monoisotopic (exact) mass is 330 g/mol. The number of piperidine rings is 1. The molecule has 23 heavy (non-hydrogen) atoms. The molecular weight excluding hydrogens is 308 g/mol. The number of hydrogen-bond acceptors (Lipinski definition) is 5. The van der Waals surface area contributed by atoms with E-state index in [2.05, 4.69) is 39.9 Å². The molecule has 0 spiro atoms. The van der Waals surface area contributed by atoms with Crippen molar-refractivity contribution in [1.82, 2.24) is 15.2 Å². The number of carbonyl (C=O) groups excluding carboxylic acids is 1. The SMILES string of the molecule is CNc1ncc(C(=O)N2CCC[C@H](NCc3ccccc3)C2)s1. The van der Waals surface area contributed by atoms with Gasteiger partial charge in [-0.3, -0.25) is 4.79 Å². The van der Waals surface area contributed by atoms with Crippen molar-refractivity contribution in [3.63, 3.8) is 0 Å². The summed E-state index contributed by atoms with van der Waals surface area (Å²) in [7, 11) is 1.82. The average molecular weight is 330 g/mol. The molecule has 1 aromatic carbocycles. The predicted molar refractivity (Wildman–Crippen MR) is 93.9 cm³/mol. The number of anilines is 1. The van der Waals surface area contributed by atoms with E-state index in [-0.39, 0.29) is 5.91 Å². The molecule has 2 N–H and O–H groups in total. The van der Waals surface area contributed by atoms with Crippen molar-refractivity contribution in [3.8, 4) is 0 Å². The van der Waals surface area contributed by atoms with E-state index in [1.807, 2.05) is 18.0 Å². The van der Waals surface area contributed by atoms with Crippen molar-refractivity contribution in [2.24, 2.45) is 0 Å². The van der Waals surface area contributed by atoms with Gasteiger partial charge >= 0.3 is 0 Å². The maximum atomic E-state index is 12.6. The van der Waals surface area contributed by atoms with Crippen LogP contribution in [-0.4, -0.2) is 42.0 Å². The van der Waals surface area contributed by atoms with E-state index < -0.39 is 0 Å². The van der Waals surface area contributed by atoms with E-state index in [0.29, 0.717) is 10.9 Å². The molecule has 1 aromatic heterocycles. The number of aromatic nitrogens is 1. The number of benzene rings is 1. The molecule has 122 valence electrons. The second-order valence-corrected chi connectivity index (χ2v) is 6.77. The molecule has 1 saturated heterocycles. The zero-order chi connectivity index (χ0) is 16.1. The first kappa shape index (κ1) is 16.0. The minimum atomic E-state index is 0.0928. The number of carbonyl (C=O) groups is 1. The van der Waals surface area contributed by atoms with Crippen LogP contribution in [0.5, 0.6) is 0 Å². The summed E-state index contributed by atoms with van der Waals surface area (Å²) in [6.07, 6.45) is 3.82. The Morgan fingerprint density at radius 1 is 1.39 bits per heavy atom. The molecular formula is C17H22N4OS. The number of hydrogen-bond donors (Lipinski definition) is 2. The molecule has 2 heterocycles. The normalized spacial score (nSPS) is 18.0. The lowest BCUT2D eigenvalue weighted by Crippen LogP contribution is -2.47. The van der Waals surface area contributed by atoms with E-state index in [9.17, 15) is 4.79 Å². The topological polar surface area (TPSA) is 57.3 Å². The smallest absolute Gasteiger partial charge is 0.265 e. The number of thiazole rings is 1. The Kier molecular flexibility index (Phi) is 5.25. The van der Waals surface area contributed by atoms with E-state index in [4.69, 9.17) is 0 Å². The molecule has 0 saturated carbocycles. The summed E-state index contributed by atoms with van der Waals surface area (Å²) >= 11 is 1.41. The highest BCUT2D eigenvalue weighted by molar-refractivity contribution is 7.17. The number of rotatable bonds is 5. The van der Waals surface area contributed by atoms with Gasteiger partial charge in [0.15, 0.2) is 5.13 Å². The fourth-order valence-corrected chi connectivity index (χ4v) is 3.57. The largest absolute Gasteiger partial charge is 0.365 e. The van der Waals surface area contributed by atoms with Gasteiger partial charge in [0.1, 0.15) is 4.88 Å². The zero-order valence-corrected chi connectivity index (χ0v) is 14.1. The Bertz CT molecular complexity index is 643. The molecule has 1 amide bonds. The summed E-state index contributed by atoms with van der Waals surface area (Å²) in [5.41, 5.74) is 1.28. The van der Waals surface area contributed by atoms with Crippen LogP contribution in [0.25, 0.3) is 0 Å². The maximum absolute atomic E-state index is 12.6. The highest BCUT2D eigenvalue weighted by Crippen LogP contribution is 2.21. The molecule has 5 nitrogen and oxygen atoms in total. The Labute approximate surface area is 140 Å². The summed E-state index contributed by atoms with van der Waals surface area (Å²) in [6, 6.07) is 10.7. The molecule has 1 fully saturated rings. The molecule has 1 aliphatic heterocycles. The van der Waals surface area contributed by atoms with Crippen molar-refractivity contribution in [3.05, 3.63) is 47.0 Å². The van der Waals surface area contributed by atoms with Crippen LogP contribution >= 0.6 is 11.3 Å². The number of amides is 1. The molecule has 0 unspecified atom stereocenters. The van der Waals surface area contributed by atoms with Gasteiger partial charge in [0.25, 0.3) is 5.91 Å². The van der Waals surface area contributed by atoms with Crippen LogP contribution in [0.4, 0.5) is 5.13 Å². The highest BCUT2D eigenvalue weighted by atomic mass is 32.1. The molecule has 3 rings (SSSR count). The third-order valence-corrected chi connectivity index (χ3v) is 5.08. The summed E-state index contributed by atoms with van der Waals surface area (Å²) < 4.78 is 0. The first-order valence-corrected chi connectivity index (χ1v) is 8.78. The lowest BCUT2D eigenvalue weighted by Gasteiger charge is -2.33. The quantitative estimate of drug-likeness (QED) is 0.885. The Balaban J connectivity index is 1.56. The summed E-state index contributed by atoms with van der Waals surface area (Å²) in [6.45, 7) is 2.44. The first-order chi connectivity index (χ1) is 11.3. The maximum Gasteiger partial charge on any atom is 0.265 e. The van der Waals surface area contributed by atoms with E-state index in [1.54, 1.807) is 6.20 Å². The van der Waals surface area contributed by atoms with Gasteiger partial charge in [-0.2, -0.15) is 0 Å². The minimum Gasteiger partial charge on any atom is -0.365 e. The van der Waals surface area contributed by atoms with E-state index in [1.165, 1.54) is 16.9 Å². The average Bonchev–Trinajstić information content (AvgIpc) is 3.10. The number of likely N-dealkylation sites (tertiary alicyclic amines) is 1. The van der Waals surface area contributed by atoms with Crippen LogP contribution in [0.1, 0.15) is 28.1 Å². The number of nitrogens with one attached hydrogen (secondary N) is 2. The molecule has 1 aliphatic rings.